The maximum atomic E-state index is 10.1. The molecule has 8 unspecified atom stereocenters. The monoisotopic (exact) mass is 616 g/mol. The highest BCUT2D eigenvalue weighted by atomic mass is 16.5. The Hall–Kier alpha value is -3.20. The Balaban J connectivity index is 1.21. The summed E-state index contributed by atoms with van der Waals surface area (Å²) in [5, 5.41) is 79.1. The Bertz CT molecular complexity index is 1140. The number of nitrogens with zero attached hydrogens (tertiary/aromatic N) is 2. The van der Waals surface area contributed by atoms with Gasteiger partial charge in [0.15, 0.2) is 0 Å². The number of ether oxygens (including phenoxy) is 2. The number of aliphatic hydroxyl groups is 8. The summed E-state index contributed by atoms with van der Waals surface area (Å²) in [6.07, 6.45) is 0.951. The molecule has 2 saturated heterocycles. The first-order valence-corrected chi connectivity index (χ1v) is 14.8. The molecule has 4 rings (SSSR count). The van der Waals surface area contributed by atoms with Crippen molar-refractivity contribution in [2.45, 2.75) is 61.5 Å². The quantitative estimate of drug-likeness (QED) is 0.126. The lowest BCUT2D eigenvalue weighted by Crippen LogP contribution is -2.60. The molecule has 0 aromatic heterocycles. The van der Waals surface area contributed by atoms with Gasteiger partial charge in [0.05, 0.1) is 37.5 Å². The second-order valence-electron chi connectivity index (χ2n) is 11.2. The summed E-state index contributed by atoms with van der Waals surface area (Å²) in [5.41, 5.74) is 1.96. The molecule has 0 aliphatic carbocycles. The molecule has 0 amide bonds. The van der Waals surface area contributed by atoms with E-state index in [4.69, 9.17) is 9.47 Å². The van der Waals surface area contributed by atoms with Crippen molar-refractivity contribution in [3.63, 3.8) is 0 Å². The SMILES string of the molecule is OCC1C(O)C(O)C(O)CN1/C=C/Cc1cccc(OCCOc2cccc(C/C=C/N3CC(O)C(O)C(O)C3CO)c2)c1. The molecule has 0 saturated carbocycles. The molecule has 2 aromatic carbocycles. The predicted molar refractivity (Wildman–Crippen MR) is 161 cm³/mol. The summed E-state index contributed by atoms with van der Waals surface area (Å²) < 4.78 is 11.7. The molecule has 44 heavy (non-hydrogen) atoms. The van der Waals surface area contributed by atoms with Crippen LogP contribution in [0, 0.1) is 0 Å². The lowest BCUT2D eigenvalue weighted by molar-refractivity contribution is -0.133. The van der Waals surface area contributed by atoms with E-state index < -0.39 is 48.7 Å². The van der Waals surface area contributed by atoms with Crippen LogP contribution in [0.3, 0.4) is 0 Å². The molecular formula is C32H44N2O10. The number of likely N-dealkylation sites (tertiary alicyclic amines) is 2. The van der Waals surface area contributed by atoms with Gasteiger partial charge in [0.2, 0.25) is 0 Å². The van der Waals surface area contributed by atoms with Crippen LogP contribution in [0.25, 0.3) is 0 Å². The molecule has 0 spiro atoms. The highest BCUT2D eigenvalue weighted by Gasteiger charge is 2.40. The fourth-order valence-electron chi connectivity index (χ4n) is 5.48. The van der Waals surface area contributed by atoms with Crippen molar-refractivity contribution in [1.29, 1.82) is 0 Å². The third-order valence-electron chi connectivity index (χ3n) is 8.02. The third-order valence-corrected chi connectivity index (χ3v) is 8.02. The van der Waals surface area contributed by atoms with Crippen LogP contribution in [0.2, 0.25) is 0 Å². The van der Waals surface area contributed by atoms with Gasteiger partial charge in [-0.3, -0.25) is 0 Å². The topological polar surface area (TPSA) is 187 Å². The van der Waals surface area contributed by atoms with Gasteiger partial charge in [-0.2, -0.15) is 0 Å². The van der Waals surface area contributed by atoms with Crippen molar-refractivity contribution < 1.29 is 50.3 Å². The van der Waals surface area contributed by atoms with Crippen molar-refractivity contribution in [3.8, 4) is 11.5 Å². The largest absolute Gasteiger partial charge is 0.490 e. The molecule has 12 heteroatoms. The molecule has 2 heterocycles. The Labute approximate surface area is 256 Å². The standard InChI is InChI=1S/C32H44N2O10/c35-19-25-29(39)31(41)27(37)17-33(25)11-3-7-21-5-1-9-23(15-21)43-13-14-44-24-10-2-6-22(16-24)8-4-12-34-18-28(38)32(42)30(40)26(34)20-36/h1-6,9-12,15-16,25-32,35-42H,7-8,13-14,17-20H2/b11-3+,12-4+. The van der Waals surface area contributed by atoms with E-state index in [-0.39, 0.29) is 26.3 Å². The maximum absolute atomic E-state index is 10.1. The number of hydrogen-bond acceptors (Lipinski definition) is 12. The number of β-amino-alcohol motifs (C(OH)–C–C–N with tert-alkyl or cyclic N) is 2. The van der Waals surface area contributed by atoms with Gasteiger partial charge in [0, 0.05) is 13.1 Å². The van der Waals surface area contributed by atoms with E-state index >= 15 is 0 Å². The third kappa shape index (κ3) is 8.71. The van der Waals surface area contributed by atoms with Crippen LogP contribution in [0.1, 0.15) is 11.1 Å². The van der Waals surface area contributed by atoms with E-state index in [9.17, 15) is 40.9 Å². The van der Waals surface area contributed by atoms with E-state index in [0.29, 0.717) is 37.6 Å². The minimum absolute atomic E-state index is 0.105. The van der Waals surface area contributed by atoms with E-state index in [2.05, 4.69) is 0 Å². The Morgan fingerprint density at radius 2 is 1.02 bits per heavy atom. The van der Waals surface area contributed by atoms with E-state index in [1.165, 1.54) is 0 Å². The zero-order valence-corrected chi connectivity index (χ0v) is 24.5. The molecule has 0 radical (unpaired) electrons. The highest BCUT2D eigenvalue weighted by molar-refractivity contribution is 5.31. The zero-order valence-electron chi connectivity index (χ0n) is 24.5. The molecule has 2 aliphatic rings. The van der Waals surface area contributed by atoms with Crippen LogP contribution in [0.5, 0.6) is 11.5 Å². The van der Waals surface area contributed by atoms with Crippen molar-refractivity contribution in [2.24, 2.45) is 0 Å². The van der Waals surface area contributed by atoms with Crippen LogP contribution in [0.15, 0.2) is 73.1 Å². The number of piperidine rings is 2. The van der Waals surface area contributed by atoms with Gasteiger partial charge in [-0.25, -0.2) is 0 Å². The zero-order chi connectivity index (χ0) is 31.6. The van der Waals surface area contributed by atoms with Crippen molar-refractivity contribution >= 4 is 0 Å². The first kappa shape index (κ1) is 33.7. The van der Waals surface area contributed by atoms with E-state index in [1.54, 1.807) is 22.2 Å². The van der Waals surface area contributed by atoms with Gasteiger partial charge >= 0.3 is 0 Å². The number of hydrogen-bond donors (Lipinski definition) is 8. The van der Waals surface area contributed by atoms with Gasteiger partial charge < -0.3 is 60.1 Å². The van der Waals surface area contributed by atoms with Gasteiger partial charge in [0.25, 0.3) is 0 Å². The predicted octanol–water partition coefficient (Wildman–Crippen LogP) is -1.22. The summed E-state index contributed by atoms with van der Waals surface area (Å²) >= 11 is 0. The Kier molecular flexibility index (Phi) is 12.4. The normalized spacial score (nSPS) is 29.5. The van der Waals surface area contributed by atoms with Crippen LogP contribution in [-0.4, -0.2) is 139 Å². The molecule has 8 atom stereocenters. The van der Waals surface area contributed by atoms with Gasteiger partial charge in [-0.1, -0.05) is 36.4 Å². The first-order valence-electron chi connectivity index (χ1n) is 14.8. The highest BCUT2D eigenvalue weighted by Crippen LogP contribution is 2.22. The Morgan fingerprint density at radius 3 is 1.41 bits per heavy atom. The molecule has 2 aromatic rings. The lowest BCUT2D eigenvalue weighted by atomic mass is 9.94. The number of allylic oxidation sites excluding steroid dienone is 2. The van der Waals surface area contributed by atoms with Crippen LogP contribution >= 0.6 is 0 Å². The van der Waals surface area contributed by atoms with Crippen molar-refractivity contribution in [3.05, 3.63) is 84.2 Å². The van der Waals surface area contributed by atoms with E-state index in [1.807, 2.05) is 60.7 Å². The molecule has 2 aliphatic heterocycles. The Morgan fingerprint density at radius 1 is 0.614 bits per heavy atom. The lowest BCUT2D eigenvalue weighted by Gasteiger charge is -2.42. The second-order valence-corrected chi connectivity index (χ2v) is 11.2. The molecule has 2 fully saturated rings. The summed E-state index contributed by atoms with van der Waals surface area (Å²) in [4.78, 5) is 3.27. The summed E-state index contributed by atoms with van der Waals surface area (Å²) in [5.74, 6) is 1.36. The van der Waals surface area contributed by atoms with Gasteiger partial charge in [-0.05, 0) is 60.6 Å². The van der Waals surface area contributed by atoms with E-state index in [0.717, 1.165) is 11.1 Å². The second kappa shape index (κ2) is 16.2. The van der Waals surface area contributed by atoms with Gasteiger partial charge in [-0.15, -0.1) is 0 Å². The average molecular weight is 617 g/mol. The number of aliphatic hydroxyl groups excluding tert-OH is 8. The number of rotatable bonds is 13. The first-order chi connectivity index (χ1) is 21.2. The molecular weight excluding hydrogens is 572 g/mol. The molecule has 8 N–H and O–H groups in total. The molecule has 12 nitrogen and oxygen atoms in total. The number of benzene rings is 2. The summed E-state index contributed by atoms with van der Waals surface area (Å²) in [7, 11) is 0. The maximum Gasteiger partial charge on any atom is 0.122 e. The summed E-state index contributed by atoms with van der Waals surface area (Å²) in [6.45, 7) is 0.151. The van der Waals surface area contributed by atoms with Crippen molar-refractivity contribution in [2.75, 3.05) is 39.5 Å². The smallest absolute Gasteiger partial charge is 0.122 e. The van der Waals surface area contributed by atoms with Crippen LogP contribution < -0.4 is 9.47 Å². The molecule has 242 valence electrons. The molecule has 0 bridgehead atoms. The van der Waals surface area contributed by atoms with Crippen LogP contribution in [-0.2, 0) is 12.8 Å². The minimum Gasteiger partial charge on any atom is -0.490 e. The fourth-order valence-corrected chi connectivity index (χ4v) is 5.48. The summed E-state index contributed by atoms with van der Waals surface area (Å²) in [6, 6.07) is 13.8. The fraction of sp³-hybridized carbons (Fsp3) is 0.500. The van der Waals surface area contributed by atoms with Gasteiger partial charge in [0.1, 0.15) is 49.1 Å². The average Bonchev–Trinajstić information content (AvgIpc) is 3.02. The minimum atomic E-state index is -1.29. The van der Waals surface area contributed by atoms with Crippen molar-refractivity contribution in [1.82, 2.24) is 9.80 Å². The van der Waals surface area contributed by atoms with Crippen LogP contribution in [0.4, 0.5) is 0 Å².